The van der Waals surface area contributed by atoms with Crippen LogP contribution in [0.5, 0.6) is 5.75 Å². The summed E-state index contributed by atoms with van der Waals surface area (Å²) in [5.41, 5.74) is -0.217. The number of ketones is 1. The summed E-state index contributed by atoms with van der Waals surface area (Å²) in [6.07, 6.45) is 0. The zero-order valence-corrected chi connectivity index (χ0v) is 9.95. The van der Waals surface area contributed by atoms with Crippen molar-refractivity contribution in [1.82, 2.24) is 0 Å². The van der Waals surface area contributed by atoms with Gasteiger partial charge in [0.1, 0.15) is 17.4 Å². The average molecular weight is 284 g/mol. The van der Waals surface area contributed by atoms with E-state index in [1.165, 1.54) is 24.3 Å². The zero-order chi connectivity index (χ0) is 14.7. The lowest BCUT2D eigenvalue weighted by Crippen LogP contribution is -2.05. The lowest BCUT2D eigenvalue weighted by molar-refractivity contribution is -0.0498. The Hall–Kier alpha value is -2.37. The number of carbonyl (C=O) groups is 1. The van der Waals surface area contributed by atoms with Crippen LogP contribution in [0.4, 0.5) is 17.6 Å². The van der Waals surface area contributed by atoms with Gasteiger partial charge in [-0.1, -0.05) is 0 Å². The third-order valence-corrected chi connectivity index (χ3v) is 2.52. The molecular formula is C14H8F4O2. The molecule has 0 aliphatic rings. The quantitative estimate of drug-likeness (QED) is 0.630. The molecular weight excluding hydrogens is 276 g/mol. The molecule has 0 aliphatic carbocycles. The molecule has 0 bridgehead atoms. The van der Waals surface area contributed by atoms with Crippen LogP contribution < -0.4 is 4.74 Å². The molecule has 2 aromatic carbocycles. The second kappa shape index (κ2) is 5.73. The summed E-state index contributed by atoms with van der Waals surface area (Å²) >= 11 is 0. The Bertz CT molecular complexity index is 624. The van der Waals surface area contributed by atoms with Crippen molar-refractivity contribution in [2.45, 2.75) is 6.61 Å². The Kier molecular flexibility index (Phi) is 4.02. The second-order valence-electron chi connectivity index (χ2n) is 3.86. The molecule has 0 saturated heterocycles. The molecule has 0 unspecified atom stereocenters. The van der Waals surface area contributed by atoms with E-state index in [4.69, 9.17) is 0 Å². The summed E-state index contributed by atoms with van der Waals surface area (Å²) in [4.78, 5) is 12.0. The molecule has 0 heterocycles. The Morgan fingerprint density at radius 1 is 1.00 bits per heavy atom. The van der Waals surface area contributed by atoms with E-state index in [1.807, 2.05) is 0 Å². The fourth-order valence-electron chi connectivity index (χ4n) is 1.62. The van der Waals surface area contributed by atoms with Gasteiger partial charge in [0.2, 0.25) is 0 Å². The molecule has 0 radical (unpaired) electrons. The van der Waals surface area contributed by atoms with E-state index in [1.54, 1.807) is 0 Å². The number of halogens is 4. The minimum absolute atomic E-state index is 0.0807. The summed E-state index contributed by atoms with van der Waals surface area (Å²) in [5.74, 6) is -2.56. The Balaban J connectivity index is 2.25. The van der Waals surface area contributed by atoms with E-state index in [2.05, 4.69) is 4.74 Å². The van der Waals surface area contributed by atoms with Crippen LogP contribution in [0, 0.1) is 11.6 Å². The molecule has 6 heteroatoms. The van der Waals surface area contributed by atoms with Gasteiger partial charge in [-0.2, -0.15) is 8.78 Å². The van der Waals surface area contributed by atoms with Gasteiger partial charge < -0.3 is 4.74 Å². The maximum atomic E-state index is 13.5. The van der Waals surface area contributed by atoms with Crippen LogP contribution in [-0.2, 0) is 0 Å². The molecule has 0 saturated carbocycles. The fraction of sp³-hybridized carbons (Fsp3) is 0.0714. The van der Waals surface area contributed by atoms with E-state index >= 15 is 0 Å². The van der Waals surface area contributed by atoms with Crippen molar-refractivity contribution in [1.29, 1.82) is 0 Å². The van der Waals surface area contributed by atoms with Gasteiger partial charge in [0.25, 0.3) is 0 Å². The van der Waals surface area contributed by atoms with Crippen LogP contribution >= 0.6 is 0 Å². The minimum atomic E-state index is -2.97. The summed E-state index contributed by atoms with van der Waals surface area (Å²) in [6.45, 7) is -2.97. The van der Waals surface area contributed by atoms with Crippen LogP contribution in [0.2, 0.25) is 0 Å². The third kappa shape index (κ3) is 3.14. The normalized spacial score (nSPS) is 10.7. The highest BCUT2D eigenvalue weighted by atomic mass is 19.3. The molecule has 0 fully saturated rings. The maximum absolute atomic E-state index is 13.5. The van der Waals surface area contributed by atoms with E-state index in [0.29, 0.717) is 6.07 Å². The SMILES string of the molecule is O=C(c1ccc(OC(F)F)cc1)c1ccc(F)cc1F. The second-order valence-corrected chi connectivity index (χ2v) is 3.86. The van der Waals surface area contributed by atoms with Crippen LogP contribution in [0.25, 0.3) is 0 Å². The zero-order valence-electron chi connectivity index (χ0n) is 9.95. The van der Waals surface area contributed by atoms with Gasteiger partial charge in [-0.05, 0) is 36.4 Å². The summed E-state index contributed by atoms with van der Waals surface area (Å²) in [5, 5.41) is 0. The molecule has 0 spiro atoms. The lowest BCUT2D eigenvalue weighted by Gasteiger charge is -2.06. The smallest absolute Gasteiger partial charge is 0.387 e. The predicted molar refractivity (Wildman–Crippen MR) is 62.9 cm³/mol. The Morgan fingerprint density at radius 2 is 1.65 bits per heavy atom. The first kappa shape index (κ1) is 14.0. The molecule has 2 aromatic rings. The monoisotopic (exact) mass is 284 g/mol. The van der Waals surface area contributed by atoms with Crippen molar-refractivity contribution in [3.63, 3.8) is 0 Å². The summed E-state index contributed by atoms with van der Waals surface area (Å²) in [7, 11) is 0. The van der Waals surface area contributed by atoms with Crippen molar-refractivity contribution in [2.75, 3.05) is 0 Å². The van der Waals surface area contributed by atoms with Crippen molar-refractivity contribution in [2.24, 2.45) is 0 Å². The van der Waals surface area contributed by atoms with E-state index in [-0.39, 0.29) is 16.9 Å². The van der Waals surface area contributed by atoms with Gasteiger partial charge >= 0.3 is 6.61 Å². The molecule has 20 heavy (non-hydrogen) atoms. The number of hydrogen-bond donors (Lipinski definition) is 0. The number of ether oxygens (including phenoxy) is 1. The molecule has 2 rings (SSSR count). The van der Waals surface area contributed by atoms with E-state index in [0.717, 1.165) is 12.1 Å². The molecule has 0 atom stereocenters. The highest BCUT2D eigenvalue weighted by molar-refractivity contribution is 6.09. The highest BCUT2D eigenvalue weighted by Crippen LogP contribution is 2.19. The van der Waals surface area contributed by atoms with Crippen LogP contribution in [0.15, 0.2) is 42.5 Å². The molecule has 0 amide bonds. The Labute approximate surface area is 111 Å². The predicted octanol–water partition coefficient (Wildman–Crippen LogP) is 3.80. The van der Waals surface area contributed by atoms with Crippen molar-refractivity contribution < 1.29 is 27.1 Å². The number of alkyl halides is 2. The Morgan fingerprint density at radius 3 is 2.20 bits per heavy atom. The van der Waals surface area contributed by atoms with Gasteiger partial charge in [0, 0.05) is 11.6 Å². The number of carbonyl (C=O) groups excluding carboxylic acids is 1. The topological polar surface area (TPSA) is 26.3 Å². The first-order valence-electron chi connectivity index (χ1n) is 5.52. The third-order valence-electron chi connectivity index (χ3n) is 2.52. The number of rotatable bonds is 4. The van der Waals surface area contributed by atoms with Crippen molar-refractivity contribution in [3.05, 3.63) is 65.2 Å². The van der Waals surface area contributed by atoms with Crippen molar-refractivity contribution in [3.8, 4) is 5.75 Å². The van der Waals surface area contributed by atoms with Crippen LogP contribution in [-0.4, -0.2) is 12.4 Å². The van der Waals surface area contributed by atoms with E-state index < -0.39 is 24.0 Å². The molecule has 0 aromatic heterocycles. The van der Waals surface area contributed by atoms with Gasteiger partial charge in [-0.3, -0.25) is 4.79 Å². The number of hydrogen-bond acceptors (Lipinski definition) is 2. The standard InChI is InChI=1S/C14H8F4O2/c15-9-3-6-11(12(16)7-9)13(19)8-1-4-10(5-2-8)20-14(17)18/h1-7,14H. The van der Waals surface area contributed by atoms with Crippen molar-refractivity contribution >= 4 is 5.78 Å². The molecule has 0 N–H and O–H groups in total. The van der Waals surface area contributed by atoms with Crippen LogP contribution in [0.1, 0.15) is 15.9 Å². The fourth-order valence-corrected chi connectivity index (χ4v) is 1.62. The number of benzene rings is 2. The van der Waals surface area contributed by atoms with Crippen LogP contribution in [0.3, 0.4) is 0 Å². The molecule has 2 nitrogen and oxygen atoms in total. The highest BCUT2D eigenvalue weighted by Gasteiger charge is 2.15. The van der Waals surface area contributed by atoms with Gasteiger partial charge in [0.15, 0.2) is 5.78 Å². The largest absolute Gasteiger partial charge is 0.435 e. The van der Waals surface area contributed by atoms with Gasteiger partial charge in [0.05, 0.1) is 5.56 Å². The van der Waals surface area contributed by atoms with Gasteiger partial charge in [-0.15, -0.1) is 0 Å². The first-order chi connectivity index (χ1) is 9.47. The molecule has 0 aliphatic heterocycles. The first-order valence-corrected chi connectivity index (χ1v) is 5.52. The van der Waals surface area contributed by atoms with Gasteiger partial charge in [-0.25, -0.2) is 8.78 Å². The summed E-state index contributed by atoms with van der Waals surface area (Å²) < 4.78 is 54.2. The molecule has 104 valence electrons. The lowest BCUT2D eigenvalue weighted by atomic mass is 10.0. The minimum Gasteiger partial charge on any atom is -0.435 e. The van der Waals surface area contributed by atoms with E-state index in [9.17, 15) is 22.4 Å². The maximum Gasteiger partial charge on any atom is 0.387 e. The summed E-state index contributed by atoms with van der Waals surface area (Å²) in [6, 6.07) is 7.37. The average Bonchev–Trinajstić information content (AvgIpc) is 2.38.